The summed E-state index contributed by atoms with van der Waals surface area (Å²) >= 11 is 0. The van der Waals surface area contributed by atoms with Crippen LogP contribution in [0.2, 0.25) is 0 Å². The van der Waals surface area contributed by atoms with Gasteiger partial charge in [0.05, 0.1) is 0 Å². The van der Waals surface area contributed by atoms with Gasteiger partial charge in [0.25, 0.3) is 0 Å². The van der Waals surface area contributed by atoms with Crippen LogP contribution in [-0.2, 0) is 0 Å². The van der Waals surface area contributed by atoms with E-state index in [2.05, 4.69) is 0 Å². The zero-order valence-electron chi connectivity index (χ0n) is 2.35. The van der Waals surface area contributed by atoms with Crippen LogP contribution < -0.4 is 0 Å². The van der Waals surface area contributed by atoms with Crippen molar-refractivity contribution >= 4 is 0 Å². The van der Waals surface area contributed by atoms with Gasteiger partial charge in [0.2, 0.25) is 0 Å². The smallest absolute Gasteiger partial charge is 0 e. The maximum Gasteiger partial charge on any atom is 0 e. The van der Waals surface area contributed by atoms with Crippen molar-refractivity contribution in [1.82, 2.24) is 0 Å². The third-order valence-electron chi connectivity index (χ3n) is 0. The average Bonchev–Trinajstić information content (AvgIpc) is 0. The Hall–Kier alpha value is -1.16. The Bertz CT molecular complexity index is 3.61. The first kappa shape index (κ1) is 23.0. The summed E-state index contributed by atoms with van der Waals surface area (Å²) in [6.07, 6.45) is 0. The Balaban J connectivity index is 0. The van der Waals surface area contributed by atoms with E-state index in [1.807, 2.05) is 0 Å². The number of hydrogen-bond donors (Lipinski definition) is 0. The van der Waals surface area contributed by atoms with E-state index >= 15 is 0 Å². The van der Waals surface area contributed by atoms with Crippen molar-refractivity contribution in [2.24, 2.45) is 0 Å². The minimum atomic E-state index is 0. The summed E-state index contributed by atoms with van der Waals surface area (Å²) in [6.45, 7) is 0. The molecule has 0 aromatic carbocycles. The van der Waals surface area contributed by atoms with Gasteiger partial charge < -0.3 is 21.9 Å². The third-order valence-corrected chi connectivity index (χ3v) is 0. The van der Waals surface area contributed by atoms with Crippen LogP contribution in [0.1, 0.15) is 0 Å². The normalized spacial score (nSPS) is 0. The largest absolute Gasteiger partial charge is 0.412 e. The third kappa shape index (κ3) is 1.49. The molecule has 5 heavy (non-hydrogen) atoms. The molecule has 0 rings (SSSR count). The van der Waals surface area contributed by atoms with Gasteiger partial charge in [-0.3, -0.25) is 0 Å². The fraction of sp³-hybridized carbons (Fsp3) is 0. The SMILES string of the molecule is O.O.O.O.[Cm]. The Labute approximate surface area is 23.3 Å². The maximum atomic E-state index is 0. The summed E-state index contributed by atoms with van der Waals surface area (Å²) < 4.78 is 0. The van der Waals surface area contributed by atoms with Crippen molar-refractivity contribution in [3.05, 3.63) is 0 Å². The molecule has 0 fully saturated rings. The molecule has 0 spiro atoms. The van der Waals surface area contributed by atoms with Crippen molar-refractivity contribution in [3.63, 3.8) is 0 Å². The second-order valence-corrected chi connectivity index (χ2v) is 0. The standard InChI is InChI=1S/Cm.4H2O/h;4*1H2. The predicted molar refractivity (Wildman–Crippen MR) is 14.5 cm³/mol. The molecule has 0 saturated heterocycles. The zero-order chi connectivity index (χ0) is 0. The van der Waals surface area contributed by atoms with Crippen LogP contribution in [0.3, 0.4) is 0 Å². The summed E-state index contributed by atoms with van der Waals surface area (Å²) in [6, 6.07) is 0. The zero-order valence-corrected chi connectivity index (χ0v) is 5.30. The Morgan fingerprint density at radius 1 is 0.400 bits per heavy atom. The second-order valence-electron chi connectivity index (χ2n) is 0. The molecule has 0 aromatic rings. The number of rotatable bonds is 0. The molecule has 0 unspecified atom stereocenters. The minimum absolute atomic E-state index is 0. The van der Waals surface area contributed by atoms with Crippen molar-refractivity contribution in [1.29, 1.82) is 0 Å². The maximum absolute atomic E-state index is 0. The Morgan fingerprint density at radius 3 is 0.400 bits per heavy atom. The van der Waals surface area contributed by atoms with Crippen LogP contribution >= 0.6 is 0 Å². The topological polar surface area (TPSA) is 126 Å². The first-order valence-corrected chi connectivity index (χ1v) is 0. The Kier molecular flexibility index (Phi) is 32.9. The van der Waals surface area contributed by atoms with E-state index in [-0.39, 0.29) is 21.9 Å². The fourth-order valence-corrected chi connectivity index (χ4v) is 0. The van der Waals surface area contributed by atoms with Gasteiger partial charge in [0, 0.05) is 0 Å². The molecule has 5 heteroatoms. The number of hydrogen-bond acceptors (Lipinski definition) is 0. The van der Waals surface area contributed by atoms with E-state index in [4.69, 9.17) is 0 Å². The molecule has 40 valence electrons. The molecule has 0 saturated carbocycles. The van der Waals surface area contributed by atoms with Gasteiger partial charge in [0.15, 0.2) is 0 Å². The first-order valence-electron chi connectivity index (χ1n) is 0. The Morgan fingerprint density at radius 2 is 0.400 bits per heavy atom. The summed E-state index contributed by atoms with van der Waals surface area (Å²) in [5, 5.41) is 0. The van der Waals surface area contributed by atoms with Gasteiger partial charge in [-0.2, -0.15) is 0 Å². The van der Waals surface area contributed by atoms with Gasteiger partial charge >= 0.3 is 0 Å². The monoisotopic (exact) mass is 315 g/mol. The summed E-state index contributed by atoms with van der Waals surface area (Å²) in [4.78, 5) is 0. The van der Waals surface area contributed by atoms with E-state index in [0.29, 0.717) is 0 Å². The van der Waals surface area contributed by atoms with E-state index in [0.717, 1.165) is 0 Å². The molecule has 0 atom stereocenters. The molecule has 4 nitrogen and oxygen atoms in total. The van der Waals surface area contributed by atoms with E-state index in [9.17, 15) is 0 Å². The van der Waals surface area contributed by atoms with Crippen LogP contribution in [0, 0.1) is 0 Å². The molecule has 0 aliphatic heterocycles. The molecular formula is H8CmO4. The van der Waals surface area contributed by atoms with E-state index in [1.54, 1.807) is 0 Å². The van der Waals surface area contributed by atoms with Crippen molar-refractivity contribution in [3.8, 4) is 0 Å². The van der Waals surface area contributed by atoms with Crippen molar-refractivity contribution in [2.75, 3.05) is 0 Å². The van der Waals surface area contributed by atoms with Crippen LogP contribution in [-0.4, -0.2) is 21.9 Å². The van der Waals surface area contributed by atoms with Gasteiger partial charge in [-0.05, 0) is 0 Å². The van der Waals surface area contributed by atoms with E-state index in [1.165, 1.54) is 0 Å². The molecule has 0 aliphatic carbocycles. The molecular weight excluding hydrogens is 311 g/mol. The molecule has 0 aliphatic rings. The van der Waals surface area contributed by atoms with Crippen LogP contribution in [0.25, 0.3) is 0 Å². The first-order chi connectivity index (χ1) is 0. The molecule has 0 amide bonds. The summed E-state index contributed by atoms with van der Waals surface area (Å²) in [5.74, 6) is 0. The minimum Gasteiger partial charge on any atom is -0.412 e. The quantitative estimate of drug-likeness (QED) is 0.443. The summed E-state index contributed by atoms with van der Waals surface area (Å²) in [7, 11) is 0. The van der Waals surface area contributed by atoms with Crippen LogP contribution in [0.4, 0.5) is 0 Å². The van der Waals surface area contributed by atoms with Crippen LogP contribution in [0.15, 0.2) is 0 Å². The molecule has 0 heterocycles. The average molecular weight is 319 g/mol. The van der Waals surface area contributed by atoms with E-state index < -0.39 is 0 Å². The van der Waals surface area contributed by atoms with Gasteiger partial charge in [-0.25, -0.2) is 0 Å². The van der Waals surface area contributed by atoms with Crippen LogP contribution in [0.5, 0.6) is 0 Å². The summed E-state index contributed by atoms with van der Waals surface area (Å²) in [5.41, 5.74) is 0. The van der Waals surface area contributed by atoms with Gasteiger partial charge in [-0.15, -0.1) is 0 Å². The van der Waals surface area contributed by atoms with Crippen molar-refractivity contribution in [2.45, 2.75) is 0 Å². The molecule has 0 aromatic heterocycles. The molecule has 8 N–H and O–H groups in total. The fourth-order valence-electron chi connectivity index (χ4n) is 0. The molecule has 0 bridgehead atoms. The van der Waals surface area contributed by atoms with Gasteiger partial charge in [-0.1, -0.05) is 0 Å². The van der Waals surface area contributed by atoms with Gasteiger partial charge in [0.1, 0.15) is 0 Å². The van der Waals surface area contributed by atoms with Crippen molar-refractivity contribution < 1.29 is 21.9 Å². The molecule has 0 radical (unpaired) electrons. The second kappa shape index (κ2) is 7.15. The predicted octanol–water partition coefficient (Wildman–Crippen LogP) is -3.30.